The van der Waals surface area contributed by atoms with Crippen molar-refractivity contribution in [1.29, 1.82) is 0 Å². The predicted octanol–water partition coefficient (Wildman–Crippen LogP) is 3.72. The zero-order chi connectivity index (χ0) is 19.9. The molecule has 5 nitrogen and oxygen atoms in total. The van der Waals surface area contributed by atoms with Crippen molar-refractivity contribution in [2.45, 2.75) is 19.3 Å². The Bertz CT molecular complexity index is 913. The lowest BCUT2D eigenvalue weighted by Crippen LogP contribution is -2.44. The fraction of sp³-hybridized carbons (Fsp3) is 0.292. The maximum atomic E-state index is 12.6. The Kier molecular flexibility index (Phi) is 6.15. The maximum absolute atomic E-state index is 12.6. The van der Waals surface area contributed by atoms with Crippen LogP contribution in [0.5, 0.6) is 0 Å². The molecule has 0 bridgehead atoms. The summed E-state index contributed by atoms with van der Waals surface area (Å²) in [6, 6.07) is 20.4. The van der Waals surface area contributed by atoms with Gasteiger partial charge in [0.1, 0.15) is 0 Å². The first kappa shape index (κ1) is 19.1. The number of piperidine rings is 1. The lowest BCUT2D eigenvalue weighted by molar-refractivity contribution is -0.125. The second-order valence-electron chi connectivity index (χ2n) is 7.45. The normalized spacial score (nSPS) is 16.4. The first-order valence-corrected chi connectivity index (χ1v) is 10.2. The van der Waals surface area contributed by atoms with Gasteiger partial charge in [0.2, 0.25) is 11.9 Å². The number of anilines is 1. The van der Waals surface area contributed by atoms with Crippen LogP contribution in [0.2, 0.25) is 0 Å². The van der Waals surface area contributed by atoms with E-state index in [9.17, 15) is 4.79 Å². The molecule has 29 heavy (non-hydrogen) atoms. The molecule has 1 N–H and O–H groups in total. The highest BCUT2D eigenvalue weighted by Crippen LogP contribution is 2.22. The predicted molar refractivity (Wildman–Crippen MR) is 116 cm³/mol. The molecule has 5 heteroatoms. The molecule has 4 rings (SSSR count). The summed E-state index contributed by atoms with van der Waals surface area (Å²) >= 11 is 0. The summed E-state index contributed by atoms with van der Waals surface area (Å²) in [7, 11) is 0. The SMILES string of the molecule is O=C(NCCc1ccccc1)[C@@H]1CCCN(c2ncc(-c3ccccc3)cn2)C1. The number of rotatable bonds is 6. The first-order chi connectivity index (χ1) is 14.3. The van der Waals surface area contributed by atoms with Crippen LogP contribution in [0, 0.1) is 5.92 Å². The lowest BCUT2D eigenvalue weighted by atomic mass is 9.97. The van der Waals surface area contributed by atoms with Gasteiger partial charge in [0.05, 0.1) is 5.92 Å². The maximum Gasteiger partial charge on any atom is 0.225 e. The van der Waals surface area contributed by atoms with Crippen LogP contribution >= 0.6 is 0 Å². The molecule has 1 aliphatic rings. The van der Waals surface area contributed by atoms with E-state index >= 15 is 0 Å². The van der Waals surface area contributed by atoms with Gasteiger partial charge in [-0.15, -0.1) is 0 Å². The summed E-state index contributed by atoms with van der Waals surface area (Å²) in [6.07, 6.45) is 6.46. The van der Waals surface area contributed by atoms with Gasteiger partial charge in [0, 0.05) is 37.6 Å². The van der Waals surface area contributed by atoms with Gasteiger partial charge in [-0.3, -0.25) is 4.79 Å². The molecule has 2 heterocycles. The van der Waals surface area contributed by atoms with E-state index in [1.54, 1.807) is 0 Å². The number of carbonyl (C=O) groups excluding carboxylic acids is 1. The highest BCUT2D eigenvalue weighted by Gasteiger charge is 2.26. The number of benzene rings is 2. The minimum Gasteiger partial charge on any atom is -0.355 e. The Balaban J connectivity index is 1.32. The van der Waals surface area contributed by atoms with Gasteiger partial charge in [0.25, 0.3) is 0 Å². The number of nitrogens with one attached hydrogen (secondary N) is 1. The molecule has 0 spiro atoms. The summed E-state index contributed by atoms with van der Waals surface area (Å²) in [6.45, 7) is 2.22. The molecule has 0 unspecified atom stereocenters. The number of aromatic nitrogens is 2. The molecular weight excluding hydrogens is 360 g/mol. The van der Waals surface area contributed by atoms with E-state index in [0.29, 0.717) is 19.0 Å². The quantitative estimate of drug-likeness (QED) is 0.701. The van der Waals surface area contributed by atoms with Crippen LogP contribution in [0.4, 0.5) is 5.95 Å². The van der Waals surface area contributed by atoms with Gasteiger partial charge in [-0.25, -0.2) is 9.97 Å². The second-order valence-corrected chi connectivity index (χ2v) is 7.45. The Morgan fingerprint density at radius 2 is 1.66 bits per heavy atom. The van der Waals surface area contributed by atoms with E-state index in [2.05, 4.69) is 44.5 Å². The van der Waals surface area contributed by atoms with E-state index < -0.39 is 0 Å². The van der Waals surface area contributed by atoms with Crippen molar-refractivity contribution in [2.75, 3.05) is 24.5 Å². The average molecular weight is 386 g/mol. The number of amides is 1. The molecule has 2 aromatic carbocycles. The average Bonchev–Trinajstić information content (AvgIpc) is 2.80. The standard InChI is InChI=1S/C24H26N4O/c29-23(25-14-13-19-8-3-1-4-9-19)21-12-7-15-28(18-21)24-26-16-22(17-27-24)20-10-5-2-6-11-20/h1-6,8-11,16-17,21H,7,12-15,18H2,(H,25,29)/t21-/m1/s1. The minimum absolute atomic E-state index is 0.0167. The highest BCUT2D eigenvalue weighted by atomic mass is 16.1. The van der Waals surface area contributed by atoms with Crippen molar-refractivity contribution in [3.05, 3.63) is 78.6 Å². The van der Waals surface area contributed by atoms with E-state index in [1.807, 2.05) is 48.8 Å². The van der Waals surface area contributed by atoms with E-state index in [-0.39, 0.29) is 11.8 Å². The van der Waals surface area contributed by atoms with Crippen molar-refractivity contribution >= 4 is 11.9 Å². The molecule has 3 aromatic rings. The van der Waals surface area contributed by atoms with Crippen molar-refractivity contribution in [1.82, 2.24) is 15.3 Å². The van der Waals surface area contributed by atoms with Gasteiger partial charge in [-0.1, -0.05) is 60.7 Å². The fourth-order valence-electron chi connectivity index (χ4n) is 3.76. The molecule has 1 amide bonds. The van der Waals surface area contributed by atoms with Crippen LogP contribution in [0.25, 0.3) is 11.1 Å². The summed E-state index contributed by atoms with van der Waals surface area (Å²) in [5.74, 6) is 0.815. The number of nitrogens with zero attached hydrogens (tertiary/aromatic N) is 3. The largest absolute Gasteiger partial charge is 0.355 e. The Labute approximate surface area is 171 Å². The highest BCUT2D eigenvalue weighted by molar-refractivity contribution is 5.79. The van der Waals surface area contributed by atoms with Crippen LogP contribution in [0.1, 0.15) is 18.4 Å². The van der Waals surface area contributed by atoms with Crippen molar-refractivity contribution in [2.24, 2.45) is 5.92 Å². The molecule has 1 fully saturated rings. The Morgan fingerprint density at radius 1 is 0.966 bits per heavy atom. The van der Waals surface area contributed by atoms with Crippen molar-refractivity contribution in [3.63, 3.8) is 0 Å². The van der Waals surface area contributed by atoms with Gasteiger partial charge in [-0.2, -0.15) is 0 Å². The monoisotopic (exact) mass is 386 g/mol. The zero-order valence-electron chi connectivity index (χ0n) is 16.5. The summed E-state index contributed by atoms with van der Waals surface area (Å²) in [4.78, 5) is 23.9. The molecule has 0 radical (unpaired) electrons. The summed E-state index contributed by atoms with van der Waals surface area (Å²) in [5, 5.41) is 3.10. The van der Waals surface area contributed by atoms with Crippen LogP contribution < -0.4 is 10.2 Å². The van der Waals surface area contributed by atoms with Gasteiger partial charge in [0.15, 0.2) is 0 Å². The van der Waals surface area contributed by atoms with Crippen LogP contribution in [-0.4, -0.2) is 35.5 Å². The lowest BCUT2D eigenvalue weighted by Gasteiger charge is -2.32. The third kappa shape index (κ3) is 4.99. The molecule has 1 saturated heterocycles. The van der Waals surface area contributed by atoms with Crippen molar-refractivity contribution < 1.29 is 4.79 Å². The third-order valence-corrected chi connectivity index (χ3v) is 5.38. The second kappa shape index (κ2) is 9.32. The molecule has 0 aliphatic carbocycles. The van der Waals surface area contributed by atoms with Crippen LogP contribution in [0.3, 0.4) is 0 Å². The van der Waals surface area contributed by atoms with Gasteiger partial charge in [-0.05, 0) is 30.4 Å². The van der Waals surface area contributed by atoms with Gasteiger partial charge >= 0.3 is 0 Å². The van der Waals surface area contributed by atoms with E-state index in [4.69, 9.17) is 0 Å². The van der Waals surface area contributed by atoms with E-state index in [0.717, 1.165) is 36.9 Å². The van der Waals surface area contributed by atoms with Crippen LogP contribution in [-0.2, 0) is 11.2 Å². The third-order valence-electron chi connectivity index (χ3n) is 5.38. The summed E-state index contributed by atoms with van der Waals surface area (Å²) in [5.41, 5.74) is 3.35. The molecule has 1 atom stereocenters. The number of carbonyl (C=O) groups is 1. The minimum atomic E-state index is -0.0167. The molecular formula is C24H26N4O. The van der Waals surface area contributed by atoms with Gasteiger partial charge < -0.3 is 10.2 Å². The fourth-order valence-corrected chi connectivity index (χ4v) is 3.76. The van der Waals surface area contributed by atoms with Crippen molar-refractivity contribution in [3.8, 4) is 11.1 Å². The summed E-state index contributed by atoms with van der Waals surface area (Å²) < 4.78 is 0. The Hall–Kier alpha value is -3.21. The smallest absolute Gasteiger partial charge is 0.225 e. The zero-order valence-corrected chi connectivity index (χ0v) is 16.5. The molecule has 1 aliphatic heterocycles. The van der Waals surface area contributed by atoms with Crippen LogP contribution in [0.15, 0.2) is 73.1 Å². The Morgan fingerprint density at radius 3 is 2.38 bits per heavy atom. The molecule has 148 valence electrons. The number of hydrogen-bond donors (Lipinski definition) is 1. The van der Waals surface area contributed by atoms with E-state index in [1.165, 1.54) is 5.56 Å². The topological polar surface area (TPSA) is 58.1 Å². The molecule has 1 aromatic heterocycles. The number of hydrogen-bond acceptors (Lipinski definition) is 4. The molecule has 0 saturated carbocycles. The first-order valence-electron chi connectivity index (χ1n) is 10.2.